The normalized spacial score (nSPS) is 11.0. The van der Waals surface area contributed by atoms with E-state index in [1.54, 1.807) is 38.5 Å². The van der Waals surface area contributed by atoms with Gasteiger partial charge in [-0.25, -0.2) is 4.79 Å². The van der Waals surface area contributed by atoms with Crippen LogP contribution >= 0.6 is 0 Å². The Kier molecular flexibility index (Phi) is 11.9. The second kappa shape index (κ2) is 15.6. The molecule has 4 rings (SSSR count). The summed E-state index contributed by atoms with van der Waals surface area (Å²) in [7, 11) is 3.28. The van der Waals surface area contributed by atoms with Crippen molar-refractivity contribution in [3.05, 3.63) is 131 Å². The smallest absolute Gasteiger partial charge is 0.335 e. The van der Waals surface area contributed by atoms with E-state index in [1.165, 1.54) is 19.6 Å². The van der Waals surface area contributed by atoms with Gasteiger partial charge in [0.2, 0.25) is 0 Å². The summed E-state index contributed by atoms with van der Waals surface area (Å²) < 4.78 is 17.5. The van der Waals surface area contributed by atoms with Crippen LogP contribution in [0.25, 0.3) is 0 Å². The minimum atomic E-state index is -0.956. The van der Waals surface area contributed by atoms with Crippen molar-refractivity contribution in [2.75, 3.05) is 33.9 Å². The zero-order chi connectivity index (χ0) is 29.7. The lowest BCUT2D eigenvalue weighted by Crippen LogP contribution is -2.32. The van der Waals surface area contributed by atoms with Gasteiger partial charge in [-0.15, -0.1) is 0 Å². The molecule has 0 unspecified atom stereocenters. The van der Waals surface area contributed by atoms with Crippen LogP contribution in [0.2, 0.25) is 0 Å². The maximum atomic E-state index is 11.2. The molecule has 0 fully saturated rings. The van der Waals surface area contributed by atoms with Crippen LogP contribution in [0.3, 0.4) is 0 Å². The number of hydrogen-bond acceptors (Lipinski definition) is 5. The average molecular weight is 556 g/mol. The number of carboxylic acids is 1. The number of nitrogens with zero attached hydrogens (tertiary/aromatic N) is 1. The molecule has 0 radical (unpaired) electrons. The molecule has 6 heteroatoms. The van der Waals surface area contributed by atoms with Gasteiger partial charge in [0.05, 0.1) is 26.4 Å². The zero-order valence-corrected chi connectivity index (χ0v) is 24.7. The van der Waals surface area contributed by atoms with Gasteiger partial charge in [0.15, 0.2) is 0 Å². The molecule has 0 heterocycles. The molecule has 0 spiro atoms. The average Bonchev–Trinajstić information content (AvgIpc) is 3.04. The SMILES string of the molecule is CCN(CC)CC.COc1ccc(C(OCc2ccc(C(=O)O)cc2)(c2ccccc2)c2ccc(OC)cc2)cc1. The molecule has 0 aliphatic carbocycles. The van der Waals surface area contributed by atoms with Crippen LogP contribution in [0.5, 0.6) is 11.5 Å². The van der Waals surface area contributed by atoms with Gasteiger partial charge in [0.1, 0.15) is 17.1 Å². The largest absolute Gasteiger partial charge is 0.497 e. The Bertz CT molecular complexity index is 1260. The molecule has 0 amide bonds. The Morgan fingerprint density at radius 2 is 1.10 bits per heavy atom. The first-order valence-corrected chi connectivity index (χ1v) is 13.9. The summed E-state index contributed by atoms with van der Waals surface area (Å²) >= 11 is 0. The van der Waals surface area contributed by atoms with Gasteiger partial charge in [0, 0.05) is 0 Å². The predicted molar refractivity (Wildman–Crippen MR) is 164 cm³/mol. The third kappa shape index (κ3) is 7.97. The summed E-state index contributed by atoms with van der Waals surface area (Å²) in [6.07, 6.45) is 0. The fraction of sp³-hybridized carbons (Fsp3) is 0.286. The lowest BCUT2D eigenvalue weighted by molar-refractivity contribution is 0.000178. The van der Waals surface area contributed by atoms with E-state index in [2.05, 4.69) is 25.7 Å². The number of carboxylic acid groups (broad SMARTS) is 1. The third-order valence-corrected chi connectivity index (χ3v) is 7.17. The first kappa shape index (κ1) is 31.4. The number of aromatic carboxylic acids is 1. The molecule has 216 valence electrons. The standard InChI is InChI=1S/C29H26O5.C6H15N/c1-32-26-16-12-24(13-17-26)29(23-6-4-3-5-7-23,25-14-18-27(33-2)19-15-25)34-20-21-8-10-22(11-9-21)28(30)31;1-4-7(5-2)6-3/h3-19H,20H2,1-2H3,(H,30,31);4-6H2,1-3H3. The minimum Gasteiger partial charge on any atom is -0.497 e. The van der Waals surface area contributed by atoms with Crippen LogP contribution in [-0.2, 0) is 16.9 Å². The number of carbonyl (C=O) groups is 1. The van der Waals surface area contributed by atoms with Gasteiger partial charge < -0.3 is 24.2 Å². The molecule has 0 aromatic heterocycles. The Balaban J connectivity index is 0.000000587. The van der Waals surface area contributed by atoms with Crippen molar-refractivity contribution >= 4 is 5.97 Å². The van der Waals surface area contributed by atoms with E-state index in [0.717, 1.165) is 33.8 Å². The van der Waals surface area contributed by atoms with Crippen molar-refractivity contribution in [3.63, 3.8) is 0 Å². The first-order chi connectivity index (χ1) is 19.9. The van der Waals surface area contributed by atoms with Gasteiger partial charge in [-0.1, -0.05) is 87.5 Å². The van der Waals surface area contributed by atoms with Crippen molar-refractivity contribution in [2.45, 2.75) is 33.0 Å². The summed E-state index contributed by atoms with van der Waals surface area (Å²) in [6, 6.07) is 32.5. The second-order valence-corrected chi connectivity index (χ2v) is 9.41. The third-order valence-electron chi connectivity index (χ3n) is 7.17. The lowest BCUT2D eigenvalue weighted by Gasteiger charge is -2.36. The predicted octanol–water partition coefficient (Wildman–Crippen LogP) is 7.26. The van der Waals surface area contributed by atoms with Gasteiger partial charge in [0.25, 0.3) is 0 Å². The van der Waals surface area contributed by atoms with Gasteiger partial charge >= 0.3 is 5.97 Å². The Hall–Kier alpha value is -4.13. The van der Waals surface area contributed by atoms with Gasteiger partial charge in [-0.2, -0.15) is 0 Å². The number of hydrogen-bond donors (Lipinski definition) is 1. The molecular formula is C35H41NO5. The molecule has 0 saturated carbocycles. The molecule has 6 nitrogen and oxygen atoms in total. The highest BCUT2D eigenvalue weighted by atomic mass is 16.5. The van der Waals surface area contributed by atoms with Crippen molar-refractivity contribution in [1.29, 1.82) is 0 Å². The highest BCUT2D eigenvalue weighted by molar-refractivity contribution is 5.87. The lowest BCUT2D eigenvalue weighted by atomic mass is 9.80. The summed E-state index contributed by atoms with van der Waals surface area (Å²) in [4.78, 5) is 13.6. The quantitative estimate of drug-likeness (QED) is 0.186. The maximum Gasteiger partial charge on any atom is 0.335 e. The minimum absolute atomic E-state index is 0.239. The van der Waals surface area contributed by atoms with Crippen LogP contribution in [0, 0.1) is 0 Å². The Labute approximate surface area is 244 Å². The molecule has 41 heavy (non-hydrogen) atoms. The van der Waals surface area contributed by atoms with Crippen LogP contribution in [0.15, 0.2) is 103 Å². The molecule has 0 aliphatic heterocycles. The number of rotatable bonds is 12. The second-order valence-electron chi connectivity index (χ2n) is 9.41. The van der Waals surface area contributed by atoms with Gasteiger partial charge in [-0.05, 0) is 78.3 Å². The molecular weight excluding hydrogens is 514 g/mol. The van der Waals surface area contributed by atoms with E-state index in [1.807, 2.05) is 78.9 Å². The highest BCUT2D eigenvalue weighted by Crippen LogP contribution is 2.42. The van der Waals surface area contributed by atoms with E-state index in [0.29, 0.717) is 0 Å². The van der Waals surface area contributed by atoms with Gasteiger partial charge in [-0.3, -0.25) is 0 Å². The zero-order valence-electron chi connectivity index (χ0n) is 24.7. The fourth-order valence-electron chi connectivity index (χ4n) is 4.68. The fourth-order valence-corrected chi connectivity index (χ4v) is 4.68. The number of ether oxygens (including phenoxy) is 3. The summed E-state index contributed by atoms with van der Waals surface area (Å²) in [6.45, 7) is 10.4. The van der Waals surface area contributed by atoms with E-state index in [4.69, 9.17) is 14.2 Å². The highest BCUT2D eigenvalue weighted by Gasteiger charge is 2.38. The summed E-state index contributed by atoms with van der Waals surface area (Å²) in [5.41, 5.74) is 3.02. The molecule has 0 atom stereocenters. The Morgan fingerprint density at radius 1 is 0.659 bits per heavy atom. The monoisotopic (exact) mass is 555 g/mol. The first-order valence-electron chi connectivity index (χ1n) is 13.9. The van der Waals surface area contributed by atoms with Crippen LogP contribution < -0.4 is 9.47 Å². The van der Waals surface area contributed by atoms with Crippen molar-refractivity contribution in [2.24, 2.45) is 0 Å². The maximum absolute atomic E-state index is 11.2. The molecule has 0 bridgehead atoms. The summed E-state index contributed by atoms with van der Waals surface area (Å²) in [5.74, 6) is 0.553. The van der Waals surface area contributed by atoms with E-state index in [9.17, 15) is 9.90 Å². The van der Waals surface area contributed by atoms with Crippen LogP contribution in [-0.4, -0.2) is 49.8 Å². The molecule has 4 aromatic carbocycles. The topological polar surface area (TPSA) is 68.2 Å². The van der Waals surface area contributed by atoms with Crippen LogP contribution in [0.4, 0.5) is 0 Å². The molecule has 0 saturated heterocycles. The number of methoxy groups -OCH3 is 2. The van der Waals surface area contributed by atoms with E-state index >= 15 is 0 Å². The Morgan fingerprint density at radius 3 is 1.46 bits per heavy atom. The van der Waals surface area contributed by atoms with E-state index < -0.39 is 11.6 Å². The van der Waals surface area contributed by atoms with Crippen molar-refractivity contribution in [3.8, 4) is 11.5 Å². The van der Waals surface area contributed by atoms with Crippen molar-refractivity contribution in [1.82, 2.24) is 4.90 Å². The van der Waals surface area contributed by atoms with Crippen LogP contribution in [0.1, 0.15) is 53.4 Å². The number of benzene rings is 4. The summed E-state index contributed by atoms with van der Waals surface area (Å²) in [5, 5.41) is 9.21. The van der Waals surface area contributed by atoms with Crippen molar-refractivity contribution < 1.29 is 24.1 Å². The van der Waals surface area contributed by atoms with E-state index in [-0.39, 0.29) is 12.2 Å². The molecule has 1 N–H and O–H groups in total. The molecule has 0 aliphatic rings. The molecule has 4 aromatic rings.